The van der Waals surface area contributed by atoms with Gasteiger partial charge >= 0.3 is 46.4 Å². The highest BCUT2D eigenvalue weighted by molar-refractivity contribution is 7.63. The van der Waals surface area contributed by atoms with Crippen LogP contribution in [0, 0.1) is 0 Å². The van der Waals surface area contributed by atoms with Crippen molar-refractivity contribution in [2.45, 2.75) is 392 Å². The minimum atomic E-state index is -2.42. The summed E-state index contributed by atoms with van der Waals surface area (Å²) >= 11 is 0. The zero-order valence-electron chi connectivity index (χ0n) is 84.7. The minimum absolute atomic E-state index is 0.00105. The fourth-order valence-electron chi connectivity index (χ4n) is 19.1. The second-order valence-electron chi connectivity index (χ2n) is 44.3. The van der Waals surface area contributed by atoms with Crippen LogP contribution >= 0.6 is 28.6 Å². The van der Waals surface area contributed by atoms with Gasteiger partial charge in [-0.3, -0.25) is 42.9 Å². The molecule has 38 nitrogen and oxygen atoms in total. The molecule has 24 atom stereocenters. The molecule has 10 unspecified atom stereocenters. The fourth-order valence-corrected chi connectivity index (χ4v) is 31.5. The Labute approximate surface area is 813 Å². The summed E-state index contributed by atoms with van der Waals surface area (Å²) in [6.07, 6.45) is 11.5. The lowest BCUT2D eigenvalue weighted by molar-refractivity contribution is -0.162. The predicted molar refractivity (Wildman–Crippen MR) is 525 cm³/mol. The lowest BCUT2D eigenvalue weighted by atomic mass is 10.2. The first-order chi connectivity index (χ1) is 63.5. The number of hydrogen-bond acceptors (Lipinski definition) is 34. The van der Waals surface area contributed by atoms with Crippen LogP contribution in [0.15, 0.2) is 86.2 Å². The molecule has 9 aliphatic carbocycles. The van der Waals surface area contributed by atoms with E-state index >= 15 is 0 Å². The summed E-state index contributed by atoms with van der Waals surface area (Å²) in [6.45, 7) is 43.8. The maximum Gasteiger partial charge on any atom is 0.349 e. The molecule has 0 spiro atoms. The van der Waals surface area contributed by atoms with E-state index in [9.17, 15) is 82.1 Å². The molecule has 5 heterocycles. The quantitative estimate of drug-likeness (QED) is 0.0141. The summed E-state index contributed by atoms with van der Waals surface area (Å²) in [5, 5.41) is 92.6. The molecule has 788 valence electrons. The largest absolute Gasteiger partial charge is 0.462 e. The Bertz CT molecular complexity index is 4850. The SMILES string of the molecule is CC(=O)OC1CC(OC(C)=O)[C@@H](OC(C)=O)C1.CC(C)(C)[Si]1(C(C)(C)C)OC2C[C@H](C[C@@H]2O)O1.CC(C)(C)[Si]1(C(C)(C)C)OC2C[C@H](C[C@@H]2OCP(C)(C)=O)O1.CP(C)(=O)CO[C@H]1C[C@@H](n2ccc(=O)[nH]c2=O)CC1O.CP(C)(=O)CO[C@H]1C[C@@H](n2ccc(=O)n(C(=O)c3ccccc3)c2=O)CC1O.CP(C)(=O)CO[C@H]1C[C@H](O)CC1O.OC1CC(O)[C@@H](O)C1.OC1CC=CC1.OC1C[C@@H]2O[C@@H]2C1. The molecule has 3 saturated heterocycles. The van der Waals surface area contributed by atoms with Gasteiger partial charge in [-0.05, 0) is 104 Å². The van der Waals surface area contributed by atoms with E-state index in [0.717, 1.165) is 57.4 Å². The number of aromatic nitrogens is 4. The maximum atomic E-state index is 12.9. The number of ether oxygens (including phenoxy) is 8. The highest BCUT2D eigenvalue weighted by Gasteiger charge is 2.66. The average Bonchev–Trinajstić information content (AvgIpc) is 1.19. The van der Waals surface area contributed by atoms with Crippen molar-refractivity contribution in [3.8, 4) is 0 Å². The number of epoxide rings is 1. The van der Waals surface area contributed by atoms with E-state index in [0.29, 0.717) is 80.9 Å². The Kier molecular flexibility index (Phi) is 43.8. The van der Waals surface area contributed by atoms with Crippen LogP contribution in [0.3, 0.4) is 0 Å². The topological polar surface area (TPSA) is 552 Å². The number of carbonyl (C=O) groups is 4. The maximum absolute atomic E-state index is 12.9. The van der Waals surface area contributed by atoms with Crippen LogP contribution in [0.25, 0.3) is 0 Å². The van der Waals surface area contributed by atoms with Crippen LogP contribution in [0.1, 0.15) is 242 Å². The van der Waals surface area contributed by atoms with Crippen molar-refractivity contribution in [2.75, 3.05) is 78.7 Å². The van der Waals surface area contributed by atoms with Crippen molar-refractivity contribution in [3.63, 3.8) is 0 Å². The van der Waals surface area contributed by atoms with Gasteiger partial charge in [0.1, 0.15) is 46.9 Å². The Morgan fingerprint density at radius 2 is 0.768 bits per heavy atom. The number of carbonyl (C=O) groups excluding carboxylic acids is 4. The van der Waals surface area contributed by atoms with Gasteiger partial charge in [-0.1, -0.05) is 113 Å². The van der Waals surface area contributed by atoms with Crippen molar-refractivity contribution in [3.05, 3.63) is 114 Å². The van der Waals surface area contributed by atoms with Gasteiger partial charge in [0, 0.05) is 160 Å². The van der Waals surface area contributed by atoms with Crippen LogP contribution in [0.5, 0.6) is 0 Å². The van der Waals surface area contributed by atoms with Gasteiger partial charge in [0.05, 0.1) is 147 Å². The third kappa shape index (κ3) is 36.6. The monoisotopic (exact) mass is 2070 g/mol. The smallest absolute Gasteiger partial charge is 0.349 e. The number of aromatic amines is 1. The zero-order chi connectivity index (χ0) is 104. The van der Waals surface area contributed by atoms with Gasteiger partial charge in [-0.25, -0.2) is 9.59 Å². The zero-order valence-corrected chi connectivity index (χ0v) is 90.3. The number of benzene rings is 1. The number of hydrogen-bond donors (Lipinski definition) is 11. The van der Waals surface area contributed by atoms with Gasteiger partial charge in [0.2, 0.25) is 0 Å². The third-order valence-electron chi connectivity index (χ3n) is 25.2. The first kappa shape index (κ1) is 120. The first-order valence-electron chi connectivity index (χ1n) is 47.7. The van der Waals surface area contributed by atoms with E-state index in [-0.39, 0.29) is 118 Å². The molecule has 11 N–H and O–H groups in total. The van der Waals surface area contributed by atoms with Crippen LogP contribution in [-0.4, -0.2) is 330 Å². The molecule has 44 heteroatoms. The molecule has 15 rings (SSSR count). The number of nitrogens with zero attached hydrogens (tertiary/aromatic N) is 3. The summed E-state index contributed by atoms with van der Waals surface area (Å²) in [5.74, 6) is -2.00. The fraction of sp³-hybridized carbons (Fsp3) is 0.787. The third-order valence-corrected chi connectivity index (χ3v) is 38.8. The van der Waals surface area contributed by atoms with E-state index < -0.39 is 165 Å². The normalized spacial score (nSPS) is 31.5. The number of aliphatic hydroxyl groups is 10. The van der Waals surface area contributed by atoms with Gasteiger partial charge in [0.15, 0.2) is 0 Å². The van der Waals surface area contributed by atoms with Gasteiger partial charge in [-0.2, -0.15) is 4.57 Å². The van der Waals surface area contributed by atoms with E-state index in [1.54, 1.807) is 71.5 Å². The predicted octanol–water partition coefficient (Wildman–Crippen LogP) is 9.61. The van der Waals surface area contributed by atoms with Crippen LogP contribution < -0.4 is 22.5 Å². The highest BCUT2D eigenvalue weighted by atomic mass is 31.2. The summed E-state index contributed by atoms with van der Waals surface area (Å²) in [7, 11) is -13.8. The summed E-state index contributed by atoms with van der Waals surface area (Å²) in [4.78, 5) is 95.2. The average molecular weight is 2070 g/mol. The summed E-state index contributed by atoms with van der Waals surface area (Å²) in [6, 6.07) is 9.86. The number of esters is 3. The van der Waals surface area contributed by atoms with Crippen LogP contribution in [0.4, 0.5) is 0 Å². The Hall–Kier alpha value is -5.01. The molecular weight excluding hydrogens is 1910 g/mol. The molecular formula is C94H160N4O34P4Si2. The molecule has 0 amide bonds. The van der Waals surface area contributed by atoms with E-state index in [4.69, 9.17) is 81.1 Å². The van der Waals surface area contributed by atoms with E-state index in [2.05, 4.69) is 88.1 Å². The number of nitrogens with one attached hydrogen (secondary N) is 1. The molecule has 4 bridgehead atoms. The Morgan fingerprint density at radius 1 is 0.391 bits per heavy atom. The first-order valence-corrected chi connectivity index (χ1v) is 62.5. The van der Waals surface area contributed by atoms with Gasteiger partial charge < -0.3 is 125 Å². The molecule has 0 radical (unpaired) electrons. The lowest BCUT2D eigenvalue weighted by Gasteiger charge is -2.53. The molecule has 1 aromatic carbocycles. The van der Waals surface area contributed by atoms with E-state index in [1.807, 2.05) is 12.2 Å². The van der Waals surface area contributed by atoms with Gasteiger partial charge in [0.25, 0.3) is 17.0 Å². The van der Waals surface area contributed by atoms with Crippen molar-refractivity contribution in [2.24, 2.45) is 0 Å². The van der Waals surface area contributed by atoms with E-state index in [1.165, 1.54) is 60.5 Å². The molecule has 3 aliphatic heterocycles. The number of aliphatic hydroxyl groups excluding tert-OH is 10. The minimum Gasteiger partial charge on any atom is -0.462 e. The van der Waals surface area contributed by atoms with Crippen molar-refractivity contribution in [1.29, 1.82) is 0 Å². The second-order valence-corrected chi connectivity index (χ2v) is 67.3. The molecule has 3 aromatic rings. The Balaban J connectivity index is 0.000000218. The molecule has 2 aromatic heterocycles. The molecule has 8 saturated carbocycles. The summed E-state index contributed by atoms with van der Waals surface area (Å²) in [5.41, 5.74) is -2.17. The highest BCUT2D eigenvalue weighted by Crippen LogP contribution is 2.59. The van der Waals surface area contributed by atoms with Gasteiger partial charge in [-0.15, -0.1) is 0 Å². The molecule has 138 heavy (non-hydrogen) atoms. The number of rotatable bonds is 18. The number of fused-ring (bicyclic) bond motifs is 5. The lowest BCUT2D eigenvalue weighted by Crippen LogP contribution is -2.62. The van der Waals surface area contributed by atoms with Crippen molar-refractivity contribution >= 4 is 69.5 Å². The Morgan fingerprint density at radius 3 is 1.13 bits per heavy atom. The van der Waals surface area contributed by atoms with Crippen molar-refractivity contribution in [1.82, 2.24) is 18.7 Å². The summed E-state index contributed by atoms with van der Waals surface area (Å²) < 4.78 is 118. The van der Waals surface area contributed by atoms with Crippen molar-refractivity contribution < 1.29 is 144 Å². The molecule has 12 aliphatic rings. The van der Waals surface area contributed by atoms with Crippen LogP contribution in [0.2, 0.25) is 20.2 Å². The molecule has 11 fully saturated rings. The number of H-pyrrole nitrogens is 1. The van der Waals surface area contributed by atoms with Crippen LogP contribution in [-0.2, 0) is 88.2 Å². The standard InChI is InChI=1S/C19H23N2O6P.C16H33O4PSi.C13H26O3Si.C12H19N2O5P.C11H16O6.C8H17O4P.C5H10O3.C5H8O2.C5H8O/c1-28(2,26)12-27-16-11-14(10-15(16)22)20-9-8-17(23)21(19(20)25)18(24)13-6-4-3-5-7-13;1-15(2,3)22(16(4,5)6)19-12-9-13(14(10-12)20-22)18-11-21(7,8)17;1-12(2,3)17(13(4,5)6)15-9-7-10(14)11(8-9)16-17;1-20(2,18)7-19-10-6-8(5-9(10)15)14-4-3-11(16)13-12(14)17;1-6(12)15-9-4-10(16-7(2)13)11(5-9)17-8(3)14;1-13(2,11)5-12-8-4-6(9)3-7(8)10;6-3-1-4(7)5(8)2-3;6-3-1-4-5(2-3)7-4;6-5-3-1-2-4-5/h3-9,14-16,22H,10-12H2,1-2H3;12-14H,9-11H2,1-8H3;9-11,14H,7-8H2,1-6H3;3-4,8-10,15H,5-7H2,1-2H3,(H,13,16,17);9-11H,4-5H2,1-3H3;6-10H,3-5H2,1-2H3;3-8H,1-2H2;3-6H,1-2H2;1-2,5-6H,3-4H2/t14-,15?,16-;12-,13-,14?;9-,10-,11?;8-,9?,10-;9?,10-,11?;6-,7?,8+;3?,4-,5?;3?,4-,5+;/m0000010../s1. The second kappa shape index (κ2) is 50.4.